The molecule has 1 aliphatic rings. The van der Waals surface area contributed by atoms with Crippen molar-refractivity contribution in [2.24, 2.45) is 0 Å². The second-order valence-electron chi connectivity index (χ2n) is 5.49. The van der Waals surface area contributed by atoms with E-state index in [2.05, 4.69) is 22.3 Å². The van der Waals surface area contributed by atoms with Gasteiger partial charge in [-0.3, -0.25) is 4.79 Å². The number of hydrogen-bond acceptors (Lipinski definition) is 4. The van der Waals surface area contributed by atoms with Crippen LogP contribution in [0.1, 0.15) is 54.9 Å². The first kappa shape index (κ1) is 13.8. The number of carboxylic acid groups (broad SMARTS) is 1. The third-order valence-electron chi connectivity index (χ3n) is 3.85. The molecular formula is C16H18N2O3. The van der Waals surface area contributed by atoms with Crippen LogP contribution in [-0.2, 0) is 11.2 Å². The molecule has 2 aromatic rings. The van der Waals surface area contributed by atoms with E-state index in [0.29, 0.717) is 30.6 Å². The van der Waals surface area contributed by atoms with Gasteiger partial charge in [-0.2, -0.15) is 0 Å². The molecule has 1 heterocycles. The number of carboxylic acids is 1. The van der Waals surface area contributed by atoms with Crippen molar-refractivity contribution in [2.45, 2.75) is 43.9 Å². The Morgan fingerprint density at radius 2 is 2.00 bits per heavy atom. The van der Waals surface area contributed by atoms with E-state index in [9.17, 15) is 4.79 Å². The Kier molecular flexibility index (Phi) is 3.99. The molecule has 5 heteroatoms. The van der Waals surface area contributed by atoms with Gasteiger partial charge in [-0.15, -0.1) is 10.2 Å². The number of aliphatic carboxylic acids is 1. The molecule has 3 rings (SSSR count). The first-order valence-electron chi connectivity index (χ1n) is 7.33. The molecule has 0 aliphatic heterocycles. The molecule has 1 aromatic carbocycles. The summed E-state index contributed by atoms with van der Waals surface area (Å²) in [6, 6.07) is 10.4. The Labute approximate surface area is 123 Å². The van der Waals surface area contributed by atoms with Crippen molar-refractivity contribution < 1.29 is 14.3 Å². The van der Waals surface area contributed by atoms with Gasteiger partial charge in [0.15, 0.2) is 0 Å². The highest BCUT2D eigenvalue weighted by molar-refractivity contribution is 5.66. The van der Waals surface area contributed by atoms with E-state index < -0.39 is 5.97 Å². The lowest BCUT2D eigenvalue weighted by atomic mass is 10.1. The largest absolute Gasteiger partial charge is 0.481 e. The maximum Gasteiger partial charge on any atom is 0.303 e. The van der Waals surface area contributed by atoms with Crippen LogP contribution in [0.25, 0.3) is 0 Å². The second kappa shape index (κ2) is 6.08. The van der Waals surface area contributed by atoms with Crippen LogP contribution in [0, 0.1) is 0 Å². The highest BCUT2D eigenvalue weighted by atomic mass is 16.4. The summed E-state index contributed by atoms with van der Waals surface area (Å²) in [5.41, 5.74) is 1.32. The molecule has 1 saturated carbocycles. The average molecular weight is 286 g/mol. The van der Waals surface area contributed by atoms with E-state index in [4.69, 9.17) is 9.52 Å². The minimum atomic E-state index is -0.759. The van der Waals surface area contributed by atoms with Gasteiger partial charge in [0.25, 0.3) is 0 Å². The van der Waals surface area contributed by atoms with Gasteiger partial charge >= 0.3 is 5.97 Å². The summed E-state index contributed by atoms with van der Waals surface area (Å²) < 4.78 is 5.70. The molecule has 0 radical (unpaired) electrons. The maximum absolute atomic E-state index is 10.4. The zero-order valence-corrected chi connectivity index (χ0v) is 11.7. The quantitative estimate of drug-likeness (QED) is 0.791. The van der Waals surface area contributed by atoms with E-state index in [0.717, 1.165) is 18.7 Å². The van der Waals surface area contributed by atoms with Gasteiger partial charge in [-0.05, 0) is 30.7 Å². The lowest BCUT2D eigenvalue weighted by Gasteiger charge is -1.97. The normalized spacial score (nSPS) is 20.4. The van der Waals surface area contributed by atoms with E-state index >= 15 is 0 Å². The van der Waals surface area contributed by atoms with Crippen molar-refractivity contribution in [1.29, 1.82) is 0 Å². The number of nitrogens with zero attached hydrogens (tertiary/aromatic N) is 2. The van der Waals surface area contributed by atoms with Gasteiger partial charge < -0.3 is 9.52 Å². The fraction of sp³-hybridized carbons (Fsp3) is 0.438. The van der Waals surface area contributed by atoms with E-state index in [1.54, 1.807) is 0 Å². The smallest absolute Gasteiger partial charge is 0.303 e. The van der Waals surface area contributed by atoms with Crippen LogP contribution in [0.15, 0.2) is 34.7 Å². The molecule has 110 valence electrons. The molecule has 2 unspecified atom stereocenters. The van der Waals surface area contributed by atoms with Gasteiger partial charge in [0.2, 0.25) is 11.8 Å². The molecule has 1 fully saturated rings. The third-order valence-corrected chi connectivity index (χ3v) is 3.85. The van der Waals surface area contributed by atoms with Crippen molar-refractivity contribution >= 4 is 5.97 Å². The highest BCUT2D eigenvalue weighted by Crippen LogP contribution is 2.54. The minimum Gasteiger partial charge on any atom is -0.481 e. The highest BCUT2D eigenvalue weighted by Gasteiger charge is 2.43. The fourth-order valence-electron chi connectivity index (χ4n) is 2.61. The molecule has 5 nitrogen and oxygen atoms in total. The minimum absolute atomic E-state index is 0.194. The van der Waals surface area contributed by atoms with Crippen LogP contribution in [0.2, 0.25) is 0 Å². The summed E-state index contributed by atoms with van der Waals surface area (Å²) in [5.74, 6) is 1.41. The number of aromatic nitrogens is 2. The van der Waals surface area contributed by atoms with Crippen molar-refractivity contribution in [2.75, 3.05) is 0 Å². The van der Waals surface area contributed by atoms with E-state index in [1.807, 2.05) is 18.2 Å². The van der Waals surface area contributed by atoms with Gasteiger partial charge in [0.1, 0.15) is 0 Å². The van der Waals surface area contributed by atoms with Crippen molar-refractivity contribution in [1.82, 2.24) is 10.2 Å². The topological polar surface area (TPSA) is 76.2 Å². The lowest BCUT2D eigenvalue weighted by Crippen LogP contribution is -1.95. The monoisotopic (exact) mass is 286 g/mol. The first-order valence-corrected chi connectivity index (χ1v) is 7.33. The molecule has 0 spiro atoms. The summed E-state index contributed by atoms with van der Waals surface area (Å²) in [6.07, 6.45) is 3.32. The van der Waals surface area contributed by atoms with Crippen LogP contribution < -0.4 is 0 Å². The van der Waals surface area contributed by atoms with Crippen LogP contribution in [-0.4, -0.2) is 21.3 Å². The third kappa shape index (κ3) is 3.48. The molecule has 0 amide bonds. The standard InChI is InChI=1S/C16H18N2O3/c19-15(20)9-5-4-8-14-17-18-16(21-14)13-10-12(13)11-6-2-1-3-7-11/h1-3,6-7,12-13H,4-5,8-10H2,(H,19,20). The molecule has 1 aliphatic carbocycles. The van der Waals surface area contributed by atoms with Gasteiger partial charge in [0, 0.05) is 18.8 Å². The number of carbonyl (C=O) groups is 1. The average Bonchev–Trinajstić information content (AvgIpc) is 3.16. The summed E-state index contributed by atoms with van der Waals surface area (Å²) in [7, 11) is 0. The molecule has 2 atom stereocenters. The van der Waals surface area contributed by atoms with Crippen molar-refractivity contribution in [3.8, 4) is 0 Å². The van der Waals surface area contributed by atoms with Gasteiger partial charge in [0.05, 0.1) is 0 Å². The summed E-state index contributed by atoms with van der Waals surface area (Å²) in [4.78, 5) is 10.4. The van der Waals surface area contributed by atoms with E-state index in [-0.39, 0.29) is 6.42 Å². The maximum atomic E-state index is 10.4. The molecule has 1 N–H and O–H groups in total. The Hall–Kier alpha value is -2.17. The molecular weight excluding hydrogens is 268 g/mol. The second-order valence-corrected chi connectivity index (χ2v) is 5.49. The first-order chi connectivity index (χ1) is 10.2. The number of rotatable bonds is 7. The number of benzene rings is 1. The lowest BCUT2D eigenvalue weighted by molar-refractivity contribution is -0.137. The van der Waals surface area contributed by atoms with Gasteiger partial charge in [-0.1, -0.05) is 30.3 Å². The van der Waals surface area contributed by atoms with Crippen LogP contribution in [0.5, 0.6) is 0 Å². The Bertz CT molecular complexity index is 609. The Morgan fingerprint density at radius 3 is 2.76 bits per heavy atom. The number of unbranched alkanes of at least 4 members (excludes halogenated alkanes) is 1. The molecule has 1 aromatic heterocycles. The predicted octanol–water partition coefficient (Wildman–Crippen LogP) is 3.14. The SMILES string of the molecule is O=C(O)CCCCc1nnc(C2CC2c2ccccc2)o1. The summed E-state index contributed by atoms with van der Waals surface area (Å²) in [6.45, 7) is 0. The summed E-state index contributed by atoms with van der Waals surface area (Å²) in [5, 5.41) is 16.8. The van der Waals surface area contributed by atoms with Crippen LogP contribution in [0.4, 0.5) is 0 Å². The Morgan fingerprint density at radius 1 is 1.19 bits per heavy atom. The predicted molar refractivity (Wildman–Crippen MR) is 76.0 cm³/mol. The van der Waals surface area contributed by atoms with Crippen LogP contribution >= 0.6 is 0 Å². The fourth-order valence-corrected chi connectivity index (χ4v) is 2.61. The van der Waals surface area contributed by atoms with E-state index in [1.165, 1.54) is 5.56 Å². The zero-order chi connectivity index (χ0) is 14.7. The Balaban J connectivity index is 1.51. The molecule has 21 heavy (non-hydrogen) atoms. The zero-order valence-electron chi connectivity index (χ0n) is 11.7. The molecule has 0 bridgehead atoms. The van der Waals surface area contributed by atoms with Gasteiger partial charge in [-0.25, -0.2) is 0 Å². The number of hydrogen-bond donors (Lipinski definition) is 1. The van der Waals surface area contributed by atoms with Crippen molar-refractivity contribution in [3.63, 3.8) is 0 Å². The summed E-state index contributed by atoms with van der Waals surface area (Å²) >= 11 is 0. The number of aryl methyl sites for hydroxylation is 1. The van der Waals surface area contributed by atoms with Crippen molar-refractivity contribution in [3.05, 3.63) is 47.7 Å². The molecule has 0 saturated heterocycles. The van der Waals surface area contributed by atoms with Crippen LogP contribution in [0.3, 0.4) is 0 Å².